The van der Waals surface area contributed by atoms with Crippen molar-refractivity contribution in [3.05, 3.63) is 48.0 Å². The number of hydrogen-bond acceptors (Lipinski definition) is 3. The molecule has 2 aromatic rings. The van der Waals surface area contributed by atoms with E-state index in [0.29, 0.717) is 4.90 Å². The molecular weight excluding hydrogens is 261 g/mol. The van der Waals surface area contributed by atoms with Gasteiger partial charge in [-0.15, -0.1) is 11.8 Å². The summed E-state index contributed by atoms with van der Waals surface area (Å²) in [7, 11) is 1.92. The van der Waals surface area contributed by atoms with Crippen molar-refractivity contribution in [3.63, 3.8) is 0 Å². The molecule has 1 heterocycles. The third-order valence-electron chi connectivity index (χ3n) is 3.00. The van der Waals surface area contributed by atoms with Crippen LogP contribution in [0, 0.1) is 5.82 Å². The molecule has 0 bridgehead atoms. The average Bonchev–Trinajstić information content (AvgIpc) is 2.90. The third-order valence-corrected chi connectivity index (χ3v) is 4.14. The molecule has 1 aromatic carbocycles. The predicted octanol–water partition coefficient (Wildman–Crippen LogP) is 3.09. The maximum absolute atomic E-state index is 13.6. The van der Waals surface area contributed by atoms with E-state index in [-0.39, 0.29) is 11.9 Å². The molecule has 0 saturated carbocycles. The Kier molecular flexibility index (Phi) is 4.99. The molecule has 0 saturated heterocycles. The van der Waals surface area contributed by atoms with Crippen molar-refractivity contribution in [2.24, 2.45) is 0 Å². The van der Waals surface area contributed by atoms with Crippen molar-refractivity contribution in [1.29, 1.82) is 0 Å². The lowest BCUT2D eigenvalue weighted by Gasteiger charge is -2.17. The van der Waals surface area contributed by atoms with Crippen molar-refractivity contribution < 1.29 is 4.39 Å². The summed E-state index contributed by atoms with van der Waals surface area (Å²) in [6.07, 6.45) is 1.80. The molecule has 1 aromatic heterocycles. The van der Waals surface area contributed by atoms with E-state index in [1.807, 2.05) is 29.9 Å². The largest absolute Gasteiger partial charge is 0.311 e. The summed E-state index contributed by atoms with van der Waals surface area (Å²) in [5, 5.41) is 7.53. The van der Waals surface area contributed by atoms with E-state index in [1.54, 1.807) is 12.3 Å². The average molecular weight is 279 g/mol. The summed E-state index contributed by atoms with van der Waals surface area (Å²) >= 11 is 1.52. The summed E-state index contributed by atoms with van der Waals surface area (Å²) in [4.78, 5) is 0.685. The molecule has 0 radical (unpaired) electrons. The molecule has 0 aliphatic heterocycles. The highest BCUT2D eigenvalue weighted by atomic mass is 32.2. The molecule has 1 unspecified atom stereocenters. The van der Waals surface area contributed by atoms with Gasteiger partial charge in [0.1, 0.15) is 5.82 Å². The van der Waals surface area contributed by atoms with Crippen molar-refractivity contribution in [2.45, 2.75) is 24.4 Å². The Morgan fingerprint density at radius 3 is 2.84 bits per heavy atom. The third kappa shape index (κ3) is 3.36. The number of benzene rings is 1. The van der Waals surface area contributed by atoms with Crippen LogP contribution >= 0.6 is 11.8 Å². The summed E-state index contributed by atoms with van der Waals surface area (Å²) in [5.74, 6) is 0.606. The first-order valence-electron chi connectivity index (χ1n) is 6.32. The number of hydrogen-bond donors (Lipinski definition) is 1. The van der Waals surface area contributed by atoms with Gasteiger partial charge in [-0.2, -0.15) is 5.10 Å². The highest BCUT2D eigenvalue weighted by molar-refractivity contribution is 7.99. The standard InChI is InChI=1S/C14H18FN3S/c1-3-18-13(8-9-17-18)12(16-2)10-19-14-7-5-4-6-11(14)15/h4-9,12,16H,3,10H2,1-2H3. The first-order valence-corrected chi connectivity index (χ1v) is 7.31. The number of nitrogens with zero attached hydrogens (tertiary/aromatic N) is 2. The molecule has 102 valence electrons. The van der Waals surface area contributed by atoms with Crippen LogP contribution in [0.25, 0.3) is 0 Å². The van der Waals surface area contributed by atoms with Gasteiger partial charge in [-0.05, 0) is 32.2 Å². The SMILES string of the molecule is CCn1nccc1C(CSc1ccccc1F)NC. The second-order valence-electron chi connectivity index (χ2n) is 4.15. The van der Waals surface area contributed by atoms with Crippen LogP contribution in [0.5, 0.6) is 0 Å². The molecule has 0 fully saturated rings. The fraction of sp³-hybridized carbons (Fsp3) is 0.357. The second-order valence-corrected chi connectivity index (χ2v) is 5.22. The molecule has 1 N–H and O–H groups in total. The van der Waals surface area contributed by atoms with Crippen molar-refractivity contribution >= 4 is 11.8 Å². The van der Waals surface area contributed by atoms with E-state index in [4.69, 9.17) is 0 Å². The van der Waals surface area contributed by atoms with Crippen LogP contribution in [0.3, 0.4) is 0 Å². The zero-order valence-electron chi connectivity index (χ0n) is 11.1. The fourth-order valence-electron chi connectivity index (χ4n) is 1.95. The lowest BCUT2D eigenvalue weighted by Crippen LogP contribution is -2.22. The molecular formula is C14H18FN3S. The molecule has 5 heteroatoms. The van der Waals surface area contributed by atoms with Gasteiger partial charge in [0, 0.05) is 23.4 Å². The van der Waals surface area contributed by atoms with Crippen molar-refractivity contribution in [1.82, 2.24) is 15.1 Å². The lowest BCUT2D eigenvalue weighted by molar-refractivity contribution is 0.548. The molecule has 0 spiro atoms. The Bertz CT molecular complexity index is 527. The topological polar surface area (TPSA) is 29.9 Å². The van der Waals surface area contributed by atoms with Crippen LogP contribution < -0.4 is 5.32 Å². The molecule has 2 rings (SSSR count). The number of nitrogens with one attached hydrogen (secondary N) is 1. The van der Waals surface area contributed by atoms with Gasteiger partial charge in [0.25, 0.3) is 0 Å². The van der Waals surface area contributed by atoms with Gasteiger partial charge in [0.05, 0.1) is 11.7 Å². The summed E-state index contributed by atoms with van der Waals surface area (Å²) in [6, 6.07) is 9.03. The summed E-state index contributed by atoms with van der Waals surface area (Å²) < 4.78 is 15.5. The van der Waals surface area contributed by atoms with E-state index in [1.165, 1.54) is 17.8 Å². The molecule has 19 heavy (non-hydrogen) atoms. The van der Waals surface area contributed by atoms with E-state index < -0.39 is 0 Å². The zero-order chi connectivity index (χ0) is 13.7. The Hall–Kier alpha value is -1.33. The smallest absolute Gasteiger partial charge is 0.136 e. The number of rotatable bonds is 6. The van der Waals surface area contributed by atoms with Crippen molar-refractivity contribution in [3.8, 4) is 0 Å². The fourth-order valence-corrected chi connectivity index (χ4v) is 3.02. The maximum atomic E-state index is 13.6. The Labute approximate surface area is 117 Å². The van der Waals surface area contributed by atoms with Gasteiger partial charge in [0.15, 0.2) is 0 Å². The molecule has 0 amide bonds. The van der Waals surface area contributed by atoms with Crippen LogP contribution in [0.2, 0.25) is 0 Å². The number of thioether (sulfide) groups is 1. The predicted molar refractivity (Wildman–Crippen MR) is 76.8 cm³/mol. The zero-order valence-corrected chi connectivity index (χ0v) is 12.0. The minimum absolute atomic E-state index is 0.159. The van der Waals surface area contributed by atoms with E-state index in [0.717, 1.165) is 18.0 Å². The minimum atomic E-state index is -0.161. The number of halogens is 1. The Morgan fingerprint density at radius 1 is 1.37 bits per heavy atom. The maximum Gasteiger partial charge on any atom is 0.136 e. The van der Waals surface area contributed by atoms with Crippen LogP contribution in [-0.2, 0) is 6.54 Å². The lowest BCUT2D eigenvalue weighted by atomic mass is 10.2. The summed E-state index contributed by atoms with van der Waals surface area (Å²) in [6.45, 7) is 2.90. The first-order chi connectivity index (χ1) is 9.26. The van der Waals surface area contributed by atoms with E-state index in [2.05, 4.69) is 17.3 Å². The van der Waals surface area contributed by atoms with E-state index in [9.17, 15) is 4.39 Å². The van der Waals surface area contributed by atoms with Gasteiger partial charge in [-0.1, -0.05) is 12.1 Å². The number of aromatic nitrogens is 2. The highest BCUT2D eigenvalue weighted by Gasteiger charge is 2.15. The van der Waals surface area contributed by atoms with Crippen molar-refractivity contribution in [2.75, 3.05) is 12.8 Å². The van der Waals surface area contributed by atoms with Crippen LogP contribution in [-0.4, -0.2) is 22.6 Å². The monoisotopic (exact) mass is 279 g/mol. The van der Waals surface area contributed by atoms with Gasteiger partial charge < -0.3 is 5.32 Å². The summed E-state index contributed by atoms with van der Waals surface area (Å²) in [5.41, 5.74) is 1.13. The van der Waals surface area contributed by atoms with Crippen LogP contribution in [0.15, 0.2) is 41.4 Å². The Balaban J connectivity index is 2.06. The number of aryl methyl sites for hydroxylation is 1. The van der Waals surface area contributed by atoms with Crippen LogP contribution in [0.1, 0.15) is 18.7 Å². The molecule has 0 aliphatic rings. The van der Waals surface area contributed by atoms with E-state index >= 15 is 0 Å². The molecule has 0 aliphatic carbocycles. The van der Waals surface area contributed by atoms with Gasteiger partial charge in [-0.3, -0.25) is 4.68 Å². The second kappa shape index (κ2) is 6.73. The normalized spacial score (nSPS) is 12.6. The molecule has 3 nitrogen and oxygen atoms in total. The van der Waals surface area contributed by atoms with Crippen LogP contribution in [0.4, 0.5) is 4.39 Å². The quantitative estimate of drug-likeness (QED) is 0.824. The highest BCUT2D eigenvalue weighted by Crippen LogP contribution is 2.26. The minimum Gasteiger partial charge on any atom is -0.311 e. The van der Waals surface area contributed by atoms with Gasteiger partial charge >= 0.3 is 0 Å². The van der Waals surface area contributed by atoms with Gasteiger partial charge in [-0.25, -0.2) is 4.39 Å². The molecule has 1 atom stereocenters. The first kappa shape index (κ1) is 14.1. The Morgan fingerprint density at radius 2 is 2.16 bits per heavy atom. The van der Waals surface area contributed by atoms with Gasteiger partial charge in [0.2, 0.25) is 0 Å².